The number of nitrogens with one attached hydrogen (secondary N) is 1. The van der Waals surface area contributed by atoms with Gasteiger partial charge in [-0.05, 0) is 38.1 Å². The van der Waals surface area contributed by atoms with Gasteiger partial charge < -0.3 is 10.1 Å². The van der Waals surface area contributed by atoms with Crippen LogP contribution in [0.15, 0.2) is 0 Å². The summed E-state index contributed by atoms with van der Waals surface area (Å²) in [6.07, 6.45) is 4.92. The molecule has 1 aliphatic heterocycles. The van der Waals surface area contributed by atoms with Gasteiger partial charge in [-0.25, -0.2) is 0 Å². The average Bonchev–Trinajstić information content (AvgIpc) is 2.88. The van der Waals surface area contributed by atoms with Crippen LogP contribution >= 0.6 is 0 Å². The molecule has 0 radical (unpaired) electrons. The van der Waals surface area contributed by atoms with E-state index in [9.17, 15) is 0 Å². The molecule has 1 rings (SSSR count). The molecule has 3 nitrogen and oxygen atoms in total. The first-order chi connectivity index (χ1) is 10.1. The van der Waals surface area contributed by atoms with Crippen molar-refractivity contribution in [3.05, 3.63) is 0 Å². The van der Waals surface area contributed by atoms with E-state index in [1.165, 1.54) is 38.8 Å². The van der Waals surface area contributed by atoms with Gasteiger partial charge in [0, 0.05) is 37.7 Å². The Morgan fingerprint density at radius 3 is 2.38 bits per heavy atom. The van der Waals surface area contributed by atoms with E-state index < -0.39 is 0 Å². The van der Waals surface area contributed by atoms with E-state index in [0.717, 1.165) is 38.3 Å². The Morgan fingerprint density at radius 2 is 1.90 bits per heavy atom. The summed E-state index contributed by atoms with van der Waals surface area (Å²) in [5.41, 5.74) is 0.326. The standard InChI is InChI=1S/C18H38N2O/c1-6-10-19-13-18(9-11-21-15-18)14-20(12-16(4)5)17(7-2)8-3/h16-17,19H,6-15H2,1-5H3. The van der Waals surface area contributed by atoms with Crippen LogP contribution in [0, 0.1) is 11.3 Å². The topological polar surface area (TPSA) is 24.5 Å². The minimum Gasteiger partial charge on any atom is -0.381 e. The summed E-state index contributed by atoms with van der Waals surface area (Å²) < 4.78 is 5.78. The molecule has 1 unspecified atom stereocenters. The third kappa shape index (κ3) is 6.25. The Hall–Kier alpha value is -0.120. The van der Waals surface area contributed by atoms with E-state index in [0.29, 0.717) is 5.41 Å². The van der Waals surface area contributed by atoms with Gasteiger partial charge in [0.05, 0.1) is 6.61 Å². The van der Waals surface area contributed by atoms with Crippen molar-refractivity contribution in [3.8, 4) is 0 Å². The van der Waals surface area contributed by atoms with Crippen molar-refractivity contribution < 1.29 is 4.74 Å². The van der Waals surface area contributed by atoms with E-state index in [1.54, 1.807) is 0 Å². The molecule has 1 N–H and O–H groups in total. The number of hydrogen-bond acceptors (Lipinski definition) is 3. The van der Waals surface area contributed by atoms with Crippen LogP contribution in [0.1, 0.15) is 60.3 Å². The lowest BCUT2D eigenvalue weighted by Gasteiger charge is -2.39. The van der Waals surface area contributed by atoms with E-state index >= 15 is 0 Å². The zero-order valence-corrected chi connectivity index (χ0v) is 15.1. The molecule has 126 valence electrons. The van der Waals surface area contributed by atoms with Crippen LogP contribution in [-0.4, -0.2) is 50.3 Å². The van der Waals surface area contributed by atoms with Crippen molar-refractivity contribution in [1.82, 2.24) is 10.2 Å². The van der Waals surface area contributed by atoms with Crippen molar-refractivity contribution >= 4 is 0 Å². The quantitative estimate of drug-likeness (QED) is 0.591. The van der Waals surface area contributed by atoms with Crippen LogP contribution in [0.4, 0.5) is 0 Å². The molecule has 1 atom stereocenters. The van der Waals surface area contributed by atoms with Gasteiger partial charge in [0.15, 0.2) is 0 Å². The van der Waals surface area contributed by atoms with Crippen molar-refractivity contribution in [3.63, 3.8) is 0 Å². The zero-order chi connectivity index (χ0) is 15.7. The molecule has 0 aromatic rings. The van der Waals surface area contributed by atoms with Gasteiger partial charge in [0.2, 0.25) is 0 Å². The van der Waals surface area contributed by atoms with E-state index in [1.807, 2.05) is 0 Å². The Labute approximate surface area is 132 Å². The van der Waals surface area contributed by atoms with Crippen LogP contribution in [-0.2, 0) is 4.74 Å². The molecule has 3 heteroatoms. The summed E-state index contributed by atoms with van der Waals surface area (Å²) in [6.45, 7) is 18.1. The highest BCUT2D eigenvalue weighted by atomic mass is 16.5. The van der Waals surface area contributed by atoms with Gasteiger partial charge in [-0.15, -0.1) is 0 Å². The van der Waals surface area contributed by atoms with Crippen LogP contribution in [0.3, 0.4) is 0 Å². The molecule has 0 spiro atoms. The monoisotopic (exact) mass is 298 g/mol. The van der Waals surface area contributed by atoms with Crippen molar-refractivity contribution in [2.24, 2.45) is 11.3 Å². The van der Waals surface area contributed by atoms with Crippen molar-refractivity contribution in [2.45, 2.75) is 66.3 Å². The lowest BCUT2D eigenvalue weighted by Crippen LogP contribution is -2.49. The van der Waals surface area contributed by atoms with Gasteiger partial charge >= 0.3 is 0 Å². The van der Waals surface area contributed by atoms with Crippen LogP contribution in [0.2, 0.25) is 0 Å². The molecule has 1 heterocycles. The minimum absolute atomic E-state index is 0.326. The molecular formula is C18H38N2O. The van der Waals surface area contributed by atoms with Gasteiger partial charge in [0.1, 0.15) is 0 Å². The fourth-order valence-electron chi connectivity index (χ4n) is 3.55. The number of ether oxygens (including phenoxy) is 1. The molecule has 0 amide bonds. The molecule has 0 aromatic carbocycles. The first-order valence-corrected chi connectivity index (χ1v) is 9.09. The fourth-order valence-corrected chi connectivity index (χ4v) is 3.55. The van der Waals surface area contributed by atoms with Crippen LogP contribution < -0.4 is 5.32 Å². The smallest absolute Gasteiger partial charge is 0.0547 e. The summed E-state index contributed by atoms with van der Waals surface area (Å²) in [5.74, 6) is 0.730. The molecular weight excluding hydrogens is 260 g/mol. The van der Waals surface area contributed by atoms with E-state index in [4.69, 9.17) is 4.74 Å². The van der Waals surface area contributed by atoms with E-state index in [2.05, 4.69) is 44.8 Å². The Morgan fingerprint density at radius 1 is 1.19 bits per heavy atom. The fraction of sp³-hybridized carbons (Fsp3) is 1.00. The lowest BCUT2D eigenvalue weighted by molar-refractivity contribution is 0.0735. The molecule has 1 fully saturated rings. The Balaban J connectivity index is 2.70. The van der Waals surface area contributed by atoms with Crippen LogP contribution in [0.25, 0.3) is 0 Å². The summed E-state index contributed by atoms with van der Waals surface area (Å²) in [4.78, 5) is 2.74. The second-order valence-corrected chi connectivity index (χ2v) is 7.27. The van der Waals surface area contributed by atoms with Gasteiger partial charge in [0.25, 0.3) is 0 Å². The van der Waals surface area contributed by atoms with Gasteiger partial charge in [-0.3, -0.25) is 4.90 Å². The van der Waals surface area contributed by atoms with Crippen LogP contribution in [0.5, 0.6) is 0 Å². The largest absolute Gasteiger partial charge is 0.381 e. The maximum Gasteiger partial charge on any atom is 0.0547 e. The highest BCUT2D eigenvalue weighted by Gasteiger charge is 2.37. The number of hydrogen-bond donors (Lipinski definition) is 1. The van der Waals surface area contributed by atoms with Gasteiger partial charge in [-0.2, -0.15) is 0 Å². The zero-order valence-electron chi connectivity index (χ0n) is 15.1. The predicted molar refractivity (Wildman–Crippen MR) is 91.8 cm³/mol. The molecule has 21 heavy (non-hydrogen) atoms. The molecule has 0 aliphatic carbocycles. The highest BCUT2D eigenvalue weighted by molar-refractivity contribution is 4.90. The Bertz CT molecular complexity index is 258. The Kier molecular flexibility index (Phi) is 8.84. The first kappa shape index (κ1) is 18.9. The second kappa shape index (κ2) is 9.81. The lowest BCUT2D eigenvalue weighted by atomic mass is 9.85. The number of rotatable bonds is 11. The molecule has 1 saturated heterocycles. The summed E-state index contributed by atoms with van der Waals surface area (Å²) in [5, 5.41) is 3.64. The molecule has 0 bridgehead atoms. The molecule has 0 saturated carbocycles. The van der Waals surface area contributed by atoms with E-state index in [-0.39, 0.29) is 0 Å². The van der Waals surface area contributed by atoms with Crippen molar-refractivity contribution in [2.75, 3.05) is 39.4 Å². The van der Waals surface area contributed by atoms with Gasteiger partial charge in [-0.1, -0.05) is 34.6 Å². The summed E-state index contributed by atoms with van der Waals surface area (Å²) >= 11 is 0. The number of nitrogens with zero attached hydrogens (tertiary/aromatic N) is 1. The minimum atomic E-state index is 0.326. The second-order valence-electron chi connectivity index (χ2n) is 7.27. The SMILES string of the molecule is CCCNCC1(CN(CC(C)C)C(CC)CC)CCOC1. The summed E-state index contributed by atoms with van der Waals surface area (Å²) in [6, 6.07) is 0.719. The first-order valence-electron chi connectivity index (χ1n) is 9.09. The third-order valence-electron chi connectivity index (χ3n) is 4.71. The third-order valence-corrected chi connectivity index (χ3v) is 4.71. The average molecular weight is 299 g/mol. The summed E-state index contributed by atoms with van der Waals surface area (Å²) in [7, 11) is 0. The predicted octanol–water partition coefficient (Wildman–Crippen LogP) is 3.54. The van der Waals surface area contributed by atoms with Crippen molar-refractivity contribution in [1.29, 1.82) is 0 Å². The highest BCUT2D eigenvalue weighted by Crippen LogP contribution is 2.31. The maximum absolute atomic E-state index is 5.78. The normalized spacial score (nSPS) is 22.9. The molecule has 0 aromatic heterocycles. The maximum atomic E-state index is 5.78. The molecule has 1 aliphatic rings.